The van der Waals surface area contributed by atoms with Crippen LogP contribution in [0, 0.1) is 6.92 Å². The zero-order valence-corrected chi connectivity index (χ0v) is 21.1. The smallest absolute Gasteiger partial charge is 0.206 e. The monoisotopic (exact) mass is 544 g/mol. The van der Waals surface area contributed by atoms with Crippen molar-refractivity contribution in [1.29, 1.82) is 0 Å². The van der Waals surface area contributed by atoms with E-state index in [-0.39, 0.29) is 9.79 Å². The fraction of sp³-hybridized carbons (Fsp3) is 0.0370. The first-order chi connectivity index (χ1) is 16.9. The molecule has 0 spiro atoms. The first kappa shape index (κ1) is 23.0. The van der Waals surface area contributed by atoms with Crippen LogP contribution < -0.4 is 10.6 Å². The molecule has 0 aliphatic heterocycles. The lowest BCUT2D eigenvalue weighted by molar-refractivity contribution is 0.596. The summed E-state index contributed by atoms with van der Waals surface area (Å²) in [6.45, 7) is 1.94. The van der Waals surface area contributed by atoms with E-state index in [1.54, 1.807) is 60.9 Å². The van der Waals surface area contributed by atoms with Crippen molar-refractivity contribution in [2.24, 2.45) is 0 Å². The van der Waals surface area contributed by atoms with E-state index in [1.807, 2.05) is 43.3 Å². The Morgan fingerprint density at radius 2 is 1.29 bits per heavy atom. The average molecular weight is 545 g/mol. The van der Waals surface area contributed by atoms with Gasteiger partial charge in [-0.1, -0.05) is 15.9 Å². The topological polar surface area (TPSA) is 84.0 Å². The van der Waals surface area contributed by atoms with Crippen LogP contribution in [0.2, 0.25) is 0 Å². The Morgan fingerprint density at radius 3 is 1.91 bits per heavy atom. The van der Waals surface area contributed by atoms with E-state index < -0.39 is 9.84 Å². The van der Waals surface area contributed by atoms with E-state index in [2.05, 4.69) is 36.5 Å². The summed E-state index contributed by atoms with van der Waals surface area (Å²) >= 11 is 3.52. The standard InChI is InChI=1S/C27H21BrN4O2S/c1-18-16-27(25-17-19(28)2-11-26(25)30-18)32-21-5-9-24(10-6-21)35(33,34)23-7-3-20(4-8-23)31-22-12-14-29-15-13-22/h2-17H,1H3,(H,29,31)(H,30,32). The van der Waals surface area contributed by atoms with Gasteiger partial charge in [0.15, 0.2) is 0 Å². The Hall–Kier alpha value is -3.75. The second-order valence-corrected chi connectivity index (χ2v) is 10.9. The highest BCUT2D eigenvalue weighted by Crippen LogP contribution is 2.30. The number of anilines is 4. The Balaban J connectivity index is 1.37. The molecule has 0 aliphatic rings. The van der Waals surface area contributed by atoms with Crippen LogP contribution in [0.5, 0.6) is 0 Å². The van der Waals surface area contributed by atoms with Gasteiger partial charge >= 0.3 is 0 Å². The van der Waals surface area contributed by atoms with Crippen molar-refractivity contribution in [3.05, 3.63) is 107 Å². The van der Waals surface area contributed by atoms with Crippen molar-refractivity contribution in [2.75, 3.05) is 10.6 Å². The van der Waals surface area contributed by atoms with Crippen molar-refractivity contribution in [3.63, 3.8) is 0 Å². The molecule has 2 aromatic heterocycles. The maximum Gasteiger partial charge on any atom is 0.206 e. The van der Waals surface area contributed by atoms with Crippen LogP contribution in [-0.2, 0) is 9.84 Å². The number of aromatic nitrogens is 2. The molecule has 0 aliphatic carbocycles. The summed E-state index contributed by atoms with van der Waals surface area (Å²) in [4.78, 5) is 9.04. The van der Waals surface area contributed by atoms with Crippen LogP contribution in [0.4, 0.5) is 22.7 Å². The second-order valence-electron chi connectivity index (χ2n) is 8.01. The molecular formula is C27H21BrN4O2S. The van der Waals surface area contributed by atoms with Crippen LogP contribution in [0.15, 0.2) is 112 Å². The lowest BCUT2D eigenvalue weighted by Gasteiger charge is -2.12. The van der Waals surface area contributed by atoms with E-state index in [0.717, 1.165) is 43.8 Å². The zero-order chi connectivity index (χ0) is 24.4. The quantitative estimate of drug-likeness (QED) is 0.239. The molecule has 35 heavy (non-hydrogen) atoms. The molecule has 0 saturated carbocycles. The number of halogens is 1. The van der Waals surface area contributed by atoms with Crippen LogP contribution in [0.3, 0.4) is 0 Å². The number of rotatable bonds is 6. The van der Waals surface area contributed by atoms with E-state index in [4.69, 9.17) is 0 Å². The molecule has 5 rings (SSSR count). The zero-order valence-electron chi connectivity index (χ0n) is 18.7. The Morgan fingerprint density at radius 1 is 0.714 bits per heavy atom. The first-order valence-corrected chi connectivity index (χ1v) is 13.1. The Kier molecular flexibility index (Phi) is 6.23. The van der Waals surface area contributed by atoms with Crippen LogP contribution in [0.1, 0.15) is 5.69 Å². The minimum absolute atomic E-state index is 0.233. The van der Waals surface area contributed by atoms with Crippen LogP contribution in [0.25, 0.3) is 10.9 Å². The molecule has 0 amide bonds. The predicted molar refractivity (Wildman–Crippen MR) is 143 cm³/mol. The molecule has 3 aromatic carbocycles. The van der Waals surface area contributed by atoms with E-state index in [1.165, 1.54) is 0 Å². The lowest BCUT2D eigenvalue weighted by Crippen LogP contribution is -2.02. The van der Waals surface area contributed by atoms with E-state index in [0.29, 0.717) is 0 Å². The molecule has 0 fully saturated rings. The molecule has 2 heterocycles. The molecular weight excluding hydrogens is 524 g/mol. The van der Waals surface area contributed by atoms with Crippen molar-refractivity contribution in [1.82, 2.24) is 9.97 Å². The van der Waals surface area contributed by atoms with E-state index in [9.17, 15) is 8.42 Å². The molecule has 2 N–H and O–H groups in total. The van der Waals surface area contributed by atoms with Gasteiger partial charge in [-0.25, -0.2) is 8.42 Å². The van der Waals surface area contributed by atoms with E-state index >= 15 is 0 Å². The number of benzene rings is 3. The average Bonchev–Trinajstić information content (AvgIpc) is 2.86. The predicted octanol–water partition coefficient (Wildman–Crippen LogP) is 7.02. The third-order valence-corrected chi connectivity index (χ3v) is 7.75. The number of pyridine rings is 2. The fourth-order valence-corrected chi connectivity index (χ4v) is 5.38. The van der Waals surface area contributed by atoms with Gasteiger partial charge in [0.25, 0.3) is 0 Å². The maximum absolute atomic E-state index is 13.2. The highest BCUT2D eigenvalue weighted by atomic mass is 79.9. The number of nitrogens with zero attached hydrogens (tertiary/aromatic N) is 2. The number of hydrogen-bond donors (Lipinski definition) is 2. The summed E-state index contributed by atoms with van der Waals surface area (Å²) in [6, 6.07) is 25.1. The van der Waals surface area contributed by atoms with Gasteiger partial charge in [0, 0.05) is 50.7 Å². The van der Waals surface area contributed by atoms with Crippen molar-refractivity contribution in [2.45, 2.75) is 16.7 Å². The number of hydrogen-bond acceptors (Lipinski definition) is 6. The lowest BCUT2D eigenvalue weighted by atomic mass is 10.1. The van der Waals surface area contributed by atoms with Gasteiger partial charge in [0.1, 0.15) is 0 Å². The van der Waals surface area contributed by atoms with Gasteiger partial charge in [-0.2, -0.15) is 0 Å². The summed E-state index contributed by atoms with van der Waals surface area (Å²) < 4.78 is 27.3. The molecule has 5 aromatic rings. The normalized spacial score (nSPS) is 11.4. The number of nitrogens with one attached hydrogen (secondary N) is 2. The van der Waals surface area contributed by atoms with Crippen molar-refractivity contribution < 1.29 is 8.42 Å². The summed E-state index contributed by atoms with van der Waals surface area (Å²) in [7, 11) is -3.65. The van der Waals surface area contributed by atoms with Gasteiger partial charge in [-0.15, -0.1) is 0 Å². The molecule has 6 nitrogen and oxygen atoms in total. The van der Waals surface area contributed by atoms with Gasteiger partial charge in [-0.3, -0.25) is 9.97 Å². The highest BCUT2D eigenvalue weighted by Gasteiger charge is 2.17. The summed E-state index contributed by atoms with van der Waals surface area (Å²) in [5.41, 5.74) is 5.14. The van der Waals surface area contributed by atoms with Crippen LogP contribution in [-0.4, -0.2) is 18.4 Å². The first-order valence-electron chi connectivity index (χ1n) is 10.8. The SMILES string of the molecule is Cc1cc(Nc2ccc(S(=O)(=O)c3ccc(Nc4ccncc4)cc3)cc2)c2cc(Br)ccc2n1. The summed E-state index contributed by atoms with van der Waals surface area (Å²) in [6.07, 6.45) is 3.38. The molecule has 0 saturated heterocycles. The maximum atomic E-state index is 13.2. The number of aryl methyl sites for hydroxylation is 1. The largest absolute Gasteiger partial charge is 0.355 e. The summed E-state index contributed by atoms with van der Waals surface area (Å²) in [5, 5.41) is 7.59. The minimum atomic E-state index is -3.65. The van der Waals surface area contributed by atoms with Gasteiger partial charge in [0.2, 0.25) is 9.84 Å². The highest BCUT2D eigenvalue weighted by molar-refractivity contribution is 9.10. The number of fused-ring (bicyclic) bond motifs is 1. The fourth-order valence-electron chi connectivity index (χ4n) is 3.76. The van der Waals surface area contributed by atoms with Crippen molar-refractivity contribution in [3.8, 4) is 0 Å². The third-order valence-electron chi connectivity index (χ3n) is 5.48. The number of sulfone groups is 1. The molecule has 0 unspecified atom stereocenters. The van der Waals surface area contributed by atoms with Gasteiger partial charge < -0.3 is 10.6 Å². The summed E-state index contributed by atoms with van der Waals surface area (Å²) in [5.74, 6) is 0. The Labute approximate surface area is 212 Å². The molecule has 8 heteroatoms. The molecule has 0 radical (unpaired) electrons. The molecule has 0 bridgehead atoms. The molecule has 174 valence electrons. The molecule has 0 atom stereocenters. The Bertz CT molecular complexity index is 1610. The van der Waals surface area contributed by atoms with Crippen molar-refractivity contribution >= 4 is 59.4 Å². The van der Waals surface area contributed by atoms with Gasteiger partial charge in [-0.05, 0) is 91.9 Å². The van der Waals surface area contributed by atoms with Gasteiger partial charge in [0.05, 0.1) is 15.3 Å². The second kappa shape index (κ2) is 9.48. The minimum Gasteiger partial charge on any atom is -0.355 e. The third kappa shape index (κ3) is 5.03. The van der Waals surface area contributed by atoms with Crippen LogP contribution >= 0.6 is 15.9 Å².